The first-order valence-electron chi connectivity index (χ1n) is 7.08. The maximum absolute atomic E-state index is 2.47. The maximum atomic E-state index is 2.47. The number of aryl methyl sites for hydroxylation is 3. The minimum Gasteiger partial charge on any atom is -0.358 e. The minimum atomic E-state index is 0. The Morgan fingerprint density at radius 1 is 1.05 bits per heavy atom. The SMILES string of the molecule is CCCCC[c-]1ccc2cc3c(cc21)CCC3.[CH3-].[CH3-].[Hf]. The Labute approximate surface area is 144 Å². The summed E-state index contributed by atoms with van der Waals surface area (Å²) in [5.74, 6) is 0. The van der Waals surface area contributed by atoms with Crippen LogP contribution in [0.5, 0.6) is 0 Å². The van der Waals surface area contributed by atoms with Gasteiger partial charge < -0.3 is 14.9 Å². The molecule has 0 amide bonds. The molecule has 0 saturated carbocycles. The third-order valence-corrected chi connectivity index (χ3v) is 4.12. The van der Waals surface area contributed by atoms with Crippen LogP contribution in [0.25, 0.3) is 10.8 Å². The van der Waals surface area contributed by atoms with E-state index < -0.39 is 0 Å². The molecule has 0 fully saturated rings. The van der Waals surface area contributed by atoms with E-state index in [1.165, 1.54) is 55.7 Å². The van der Waals surface area contributed by atoms with Crippen molar-refractivity contribution < 1.29 is 25.8 Å². The fourth-order valence-corrected chi connectivity index (χ4v) is 3.12. The molecule has 0 saturated heterocycles. The van der Waals surface area contributed by atoms with E-state index in [1.54, 1.807) is 16.7 Å². The molecular formula is C19H27Hf-3. The number of rotatable bonds is 4. The minimum absolute atomic E-state index is 0. The van der Waals surface area contributed by atoms with Gasteiger partial charge in [-0.1, -0.05) is 43.7 Å². The average Bonchev–Trinajstić information content (AvgIpc) is 2.93. The van der Waals surface area contributed by atoms with Gasteiger partial charge in [-0.15, -0.1) is 34.5 Å². The van der Waals surface area contributed by atoms with Crippen LogP contribution in [0.1, 0.15) is 49.3 Å². The molecule has 0 radical (unpaired) electrons. The molecule has 110 valence electrons. The van der Waals surface area contributed by atoms with Crippen molar-refractivity contribution >= 4 is 10.8 Å². The zero-order valence-corrected chi connectivity index (χ0v) is 16.9. The molecule has 2 aromatic rings. The van der Waals surface area contributed by atoms with Crippen LogP contribution in [-0.4, -0.2) is 0 Å². The summed E-state index contributed by atoms with van der Waals surface area (Å²) in [5.41, 5.74) is 4.78. The fourth-order valence-electron chi connectivity index (χ4n) is 3.12. The first-order valence-corrected chi connectivity index (χ1v) is 7.08. The van der Waals surface area contributed by atoms with Gasteiger partial charge in [-0.25, -0.2) is 0 Å². The smallest absolute Gasteiger partial charge is 0 e. The van der Waals surface area contributed by atoms with E-state index in [-0.39, 0.29) is 40.7 Å². The summed E-state index contributed by atoms with van der Waals surface area (Å²) in [7, 11) is 0. The molecule has 1 aliphatic carbocycles. The molecule has 0 nitrogen and oxygen atoms in total. The maximum Gasteiger partial charge on any atom is 0 e. The number of hydrogen-bond donors (Lipinski definition) is 0. The van der Waals surface area contributed by atoms with Crippen LogP contribution < -0.4 is 0 Å². The van der Waals surface area contributed by atoms with E-state index in [2.05, 4.69) is 31.2 Å². The summed E-state index contributed by atoms with van der Waals surface area (Å²) >= 11 is 0. The van der Waals surface area contributed by atoms with Gasteiger partial charge in [0.15, 0.2) is 0 Å². The Balaban J connectivity index is 0.00000120. The van der Waals surface area contributed by atoms with Crippen molar-refractivity contribution in [3.63, 3.8) is 0 Å². The average molecular weight is 434 g/mol. The molecule has 0 atom stereocenters. The van der Waals surface area contributed by atoms with Crippen LogP contribution in [0.15, 0.2) is 24.3 Å². The molecule has 0 aromatic heterocycles. The van der Waals surface area contributed by atoms with Crippen molar-refractivity contribution in [3.05, 3.63) is 55.8 Å². The molecule has 0 aliphatic heterocycles. The third kappa shape index (κ3) is 3.87. The van der Waals surface area contributed by atoms with Crippen molar-refractivity contribution in [3.8, 4) is 0 Å². The van der Waals surface area contributed by atoms with Crippen molar-refractivity contribution in [2.24, 2.45) is 0 Å². The van der Waals surface area contributed by atoms with Crippen LogP contribution in [-0.2, 0) is 45.1 Å². The Morgan fingerprint density at radius 2 is 1.75 bits per heavy atom. The number of hydrogen-bond acceptors (Lipinski definition) is 0. The second-order valence-corrected chi connectivity index (χ2v) is 5.38. The van der Waals surface area contributed by atoms with Crippen molar-refractivity contribution in [1.82, 2.24) is 0 Å². The van der Waals surface area contributed by atoms with Crippen molar-refractivity contribution in [2.75, 3.05) is 0 Å². The van der Waals surface area contributed by atoms with E-state index >= 15 is 0 Å². The Kier molecular flexibility index (Phi) is 8.74. The van der Waals surface area contributed by atoms with Gasteiger partial charge >= 0.3 is 0 Å². The van der Waals surface area contributed by atoms with E-state index in [0.29, 0.717) is 0 Å². The predicted octanol–water partition coefficient (Wildman–Crippen LogP) is 5.68. The van der Waals surface area contributed by atoms with Crippen LogP contribution in [0.3, 0.4) is 0 Å². The largest absolute Gasteiger partial charge is 0.358 e. The zero-order chi connectivity index (χ0) is 11.7. The van der Waals surface area contributed by atoms with Crippen LogP contribution in [0.4, 0.5) is 0 Å². The molecule has 0 unspecified atom stereocenters. The van der Waals surface area contributed by atoms with Gasteiger partial charge in [0, 0.05) is 25.8 Å². The Morgan fingerprint density at radius 3 is 2.45 bits per heavy atom. The molecule has 20 heavy (non-hydrogen) atoms. The number of benzene rings is 1. The zero-order valence-electron chi connectivity index (χ0n) is 13.3. The van der Waals surface area contributed by atoms with E-state index in [9.17, 15) is 0 Å². The molecule has 0 spiro atoms. The van der Waals surface area contributed by atoms with Crippen LogP contribution in [0, 0.1) is 14.9 Å². The first kappa shape index (κ1) is 19.7. The molecule has 0 bridgehead atoms. The molecule has 0 heterocycles. The molecule has 0 N–H and O–H groups in total. The summed E-state index contributed by atoms with van der Waals surface area (Å²) in [6.45, 7) is 2.27. The van der Waals surface area contributed by atoms with Gasteiger partial charge in [0.1, 0.15) is 0 Å². The quantitative estimate of drug-likeness (QED) is 0.330. The van der Waals surface area contributed by atoms with E-state index in [1.807, 2.05) is 0 Å². The van der Waals surface area contributed by atoms with Crippen molar-refractivity contribution in [1.29, 1.82) is 0 Å². The molecule has 1 heteroatoms. The van der Waals surface area contributed by atoms with Gasteiger partial charge in [0.05, 0.1) is 0 Å². The molecule has 1 aliphatic rings. The Hall–Kier alpha value is -0.300. The topological polar surface area (TPSA) is 0 Å². The van der Waals surface area contributed by atoms with Crippen LogP contribution in [0.2, 0.25) is 0 Å². The van der Waals surface area contributed by atoms with E-state index in [4.69, 9.17) is 0 Å². The summed E-state index contributed by atoms with van der Waals surface area (Å²) in [6.07, 6.45) is 9.22. The predicted molar refractivity (Wildman–Crippen MR) is 87.6 cm³/mol. The van der Waals surface area contributed by atoms with Gasteiger partial charge in [0.2, 0.25) is 0 Å². The number of unbranched alkanes of at least 4 members (excludes halogenated alkanes) is 2. The fraction of sp³-hybridized carbons (Fsp3) is 0.421. The summed E-state index contributed by atoms with van der Waals surface area (Å²) in [6, 6.07) is 9.56. The van der Waals surface area contributed by atoms with Gasteiger partial charge in [-0.05, 0) is 19.3 Å². The summed E-state index contributed by atoms with van der Waals surface area (Å²) in [4.78, 5) is 0. The normalized spacial score (nSPS) is 12.2. The van der Waals surface area contributed by atoms with Gasteiger partial charge in [0.25, 0.3) is 0 Å². The number of fused-ring (bicyclic) bond motifs is 2. The van der Waals surface area contributed by atoms with Gasteiger partial charge in [-0.2, -0.15) is 6.07 Å². The molecule has 3 rings (SSSR count). The van der Waals surface area contributed by atoms with Gasteiger partial charge in [-0.3, -0.25) is 0 Å². The monoisotopic (exact) mass is 435 g/mol. The van der Waals surface area contributed by atoms with E-state index in [0.717, 1.165) is 0 Å². The molecular weight excluding hydrogens is 407 g/mol. The van der Waals surface area contributed by atoms with Crippen LogP contribution >= 0.6 is 0 Å². The second kappa shape index (κ2) is 8.87. The first-order chi connectivity index (χ1) is 8.38. The Bertz CT molecular complexity index is 522. The molecule has 2 aromatic carbocycles. The standard InChI is InChI=1S/C17H21.2CH3.Hf/c1-2-3-4-6-13-9-10-16-11-14-7-5-8-15(14)12-17(13)16;;;/h9-12H,2-8H2,1H3;2*1H3;/q3*-1;. The third-order valence-electron chi connectivity index (χ3n) is 4.12. The van der Waals surface area contributed by atoms with Crippen molar-refractivity contribution in [2.45, 2.75) is 51.9 Å². The summed E-state index contributed by atoms with van der Waals surface area (Å²) < 4.78 is 0. The summed E-state index contributed by atoms with van der Waals surface area (Å²) in [5, 5.41) is 3.00. The second-order valence-electron chi connectivity index (χ2n) is 5.38.